The van der Waals surface area contributed by atoms with Gasteiger partial charge in [-0.15, -0.1) is 12.4 Å². The summed E-state index contributed by atoms with van der Waals surface area (Å²) in [6.45, 7) is 2.34. The molecule has 1 aromatic carbocycles. The van der Waals surface area contributed by atoms with Gasteiger partial charge in [-0.05, 0) is 26.1 Å². The minimum absolute atomic E-state index is 0. The lowest BCUT2D eigenvalue weighted by Gasteiger charge is -2.13. The summed E-state index contributed by atoms with van der Waals surface area (Å²) in [6, 6.07) is 4.41. The topological polar surface area (TPSA) is 50.4 Å². The molecule has 4 nitrogen and oxygen atoms in total. The molecule has 1 aromatic rings. The van der Waals surface area contributed by atoms with E-state index in [1.165, 1.54) is 19.2 Å². The highest BCUT2D eigenvalue weighted by Crippen LogP contribution is 2.20. The first kappa shape index (κ1) is 16.7. The van der Waals surface area contributed by atoms with E-state index in [9.17, 15) is 9.18 Å². The van der Waals surface area contributed by atoms with Crippen molar-refractivity contribution in [1.82, 2.24) is 10.6 Å². The number of amides is 1. The molecule has 1 rings (SSSR count). The predicted molar refractivity (Wildman–Crippen MR) is 71.1 cm³/mol. The fourth-order valence-electron chi connectivity index (χ4n) is 1.33. The Kier molecular flexibility index (Phi) is 7.31. The molecule has 0 aromatic heterocycles. The van der Waals surface area contributed by atoms with E-state index in [1.807, 2.05) is 6.92 Å². The summed E-state index contributed by atoms with van der Waals surface area (Å²) < 4.78 is 18.5. The van der Waals surface area contributed by atoms with Gasteiger partial charge in [-0.3, -0.25) is 4.79 Å². The summed E-state index contributed by atoms with van der Waals surface area (Å²) in [5.41, 5.74) is -0.0571. The van der Waals surface area contributed by atoms with Crippen molar-refractivity contribution in [2.24, 2.45) is 0 Å². The Morgan fingerprint density at radius 2 is 2.17 bits per heavy atom. The summed E-state index contributed by atoms with van der Waals surface area (Å²) in [4.78, 5) is 11.8. The second-order valence-electron chi connectivity index (χ2n) is 3.72. The zero-order valence-electron chi connectivity index (χ0n) is 10.6. The Labute approximate surface area is 112 Å². The van der Waals surface area contributed by atoms with E-state index in [0.29, 0.717) is 6.54 Å². The van der Waals surface area contributed by atoms with Crippen LogP contribution in [0.2, 0.25) is 0 Å². The number of hydrogen-bond acceptors (Lipinski definition) is 3. The third-order valence-corrected chi connectivity index (χ3v) is 2.48. The first-order valence-electron chi connectivity index (χ1n) is 5.38. The van der Waals surface area contributed by atoms with E-state index in [4.69, 9.17) is 4.74 Å². The fourth-order valence-corrected chi connectivity index (χ4v) is 1.33. The molecule has 18 heavy (non-hydrogen) atoms. The van der Waals surface area contributed by atoms with Crippen LogP contribution < -0.4 is 15.4 Å². The first-order chi connectivity index (χ1) is 8.10. The third-order valence-electron chi connectivity index (χ3n) is 2.48. The molecule has 2 N–H and O–H groups in total. The molecule has 102 valence electrons. The molecule has 0 spiro atoms. The van der Waals surface area contributed by atoms with Crippen molar-refractivity contribution >= 4 is 18.3 Å². The molecule has 0 saturated heterocycles. The van der Waals surface area contributed by atoms with Crippen molar-refractivity contribution in [2.75, 3.05) is 20.7 Å². The highest BCUT2D eigenvalue weighted by atomic mass is 35.5. The van der Waals surface area contributed by atoms with Crippen LogP contribution in [0.1, 0.15) is 17.3 Å². The van der Waals surface area contributed by atoms with Crippen LogP contribution in [0, 0.1) is 5.82 Å². The van der Waals surface area contributed by atoms with Gasteiger partial charge in [0, 0.05) is 12.6 Å². The summed E-state index contributed by atoms with van der Waals surface area (Å²) in [6.07, 6.45) is 0. The summed E-state index contributed by atoms with van der Waals surface area (Å²) in [5, 5.41) is 5.62. The van der Waals surface area contributed by atoms with Gasteiger partial charge in [0.05, 0.1) is 7.11 Å². The van der Waals surface area contributed by atoms with Crippen LogP contribution in [0.25, 0.3) is 0 Å². The number of benzene rings is 1. The highest BCUT2D eigenvalue weighted by Gasteiger charge is 2.17. The molecular weight excluding hydrogens is 259 g/mol. The maximum Gasteiger partial charge on any atom is 0.258 e. The van der Waals surface area contributed by atoms with Crippen LogP contribution in [0.3, 0.4) is 0 Å². The second kappa shape index (κ2) is 7.89. The molecule has 1 amide bonds. The van der Waals surface area contributed by atoms with Crippen LogP contribution in [-0.2, 0) is 0 Å². The normalized spacial score (nSPS) is 11.3. The lowest BCUT2D eigenvalue weighted by molar-refractivity contribution is 0.0943. The van der Waals surface area contributed by atoms with Gasteiger partial charge >= 0.3 is 0 Å². The minimum Gasteiger partial charge on any atom is -0.496 e. The second-order valence-corrected chi connectivity index (χ2v) is 3.72. The molecule has 0 heterocycles. The minimum atomic E-state index is -0.584. The van der Waals surface area contributed by atoms with Gasteiger partial charge in [0.15, 0.2) is 0 Å². The lowest BCUT2D eigenvalue weighted by Crippen LogP contribution is -2.37. The molecule has 1 atom stereocenters. The quantitative estimate of drug-likeness (QED) is 0.859. The van der Waals surface area contributed by atoms with Gasteiger partial charge in [-0.2, -0.15) is 0 Å². The first-order valence-corrected chi connectivity index (χ1v) is 5.38. The maximum atomic E-state index is 13.5. The zero-order chi connectivity index (χ0) is 12.8. The third kappa shape index (κ3) is 4.16. The molecule has 0 fully saturated rings. The van der Waals surface area contributed by atoms with Gasteiger partial charge in [-0.25, -0.2) is 4.39 Å². The average molecular weight is 277 g/mol. The molecule has 0 aliphatic rings. The fraction of sp³-hybridized carbons (Fsp3) is 0.417. The summed E-state index contributed by atoms with van der Waals surface area (Å²) >= 11 is 0. The van der Waals surface area contributed by atoms with Gasteiger partial charge in [0.1, 0.15) is 17.1 Å². The molecule has 0 aliphatic heterocycles. The van der Waals surface area contributed by atoms with Crippen molar-refractivity contribution in [3.8, 4) is 5.75 Å². The van der Waals surface area contributed by atoms with E-state index in [1.54, 1.807) is 13.1 Å². The Balaban J connectivity index is 0.00000289. The van der Waals surface area contributed by atoms with Crippen LogP contribution in [0.5, 0.6) is 5.75 Å². The van der Waals surface area contributed by atoms with Crippen molar-refractivity contribution in [2.45, 2.75) is 13.0 Å². The Morgan fingerprint density at radius 3 is 2.72 bits per heavy atom. The number of halogens is 2. The number of rotatable bonds is 5. The molecule has 0 radical (unpaired) electrons. The molecule has 0 bridgehead atoms. The molecule has 0 saturated carbocycles. The van der Waals surface area contributed by atoms with E-state index in [2.05, 4.69) is 10.6 Å². The van der Waals surface area contributed by atoms with Crippen LogP contribution >= 0.6 is 12.4 Å². The van der Waals surface area contributed by atoms with Crippen LogP contribution in [0.4, 0.5) is 4.39 Å². The van der Waals surface area contributed by atoms with E-state index >= 15 is 0 Å². The summed E-state index contributed by atoms with van der Waals surface area (Å²) in [5.74, 6) is -0.819. The highest BCUT2D eigenvalue weighted by molar-refractivity contribution is 5.97. The zero-order valence-corrected chi connectivity index (χ0v) is 11.4. The molecular formula is C12H18ClFN2O2. The van der Waals surface area contributed by atoms with Crippen molar-refractivity contribution in [3.05, 3.63) is 29.6 Å². The number of carbonyl (C=O) groups excluding carboxylic acids is 1. The standard InChI is InChI=1S/C12H17FN2O2.ClH/c1-8(14-2)7-15-12(16)11-9(13)5-4-6-10(11)17-3;/h4-6,8,14H,7H2,1-3H3,(H,15,16);1H. The molecule has 6 heteroatoms. The largest absolute Gasteiger partial charge is 0.496 e. The maximum absolute atomic E-state index is 13.5. The SMILES string of the molecule is CNC(C)CNC(=O)c1c(F)cccc1OC.Cl. The van der Waals surface area contributed by atoms with Crippen molar-refractivity contribution in [1.29, 1.82) is 0 Å². The van der Waals surface area contributed by atoms with E-state index < -0.39 is 11.7 Å². The van der Waals surface area contributed by atoms with Crippen molar-refractivity contribution < 1.29 is 13.9 Å². The number of carbonyl (C=O) groups is 1. The van der Waals surface area contributed by atoms with Crippen LogP contribution in [-0.4, -0.2) is 32.7 Å². The number of ether oxygens (including phenoxy) is 1. The number of nitrogens with one attached hydrogen (secondary N) is 2. The smallest absolute Gasteiger partial charge is 0.258 e. The Hall–Kier alpha value is -1.33. The number of methoxy groups -OCH3 is 1. The average Bonchev–Trinajstić information content (AvgIpc) is 2.34. The lowest BCUT2D eigenvalue weighted by atomic mass is 10.1. The predicted octanol–water partition coefficient (Wildman–Crippen LogP) is 1.59. The number of likely N-dealkylation sites (N-methyl/N-ethyl adjacent to an activating group) is 1. The number of hydrogen-bond donors (Lipinski definition) is 2. The van der Waals surface area contributed by atoms with Gasteiger partial charge < -0.3 is 15.4 Å². The van der Waals surface area contributed by atoms with Gasteiger partial charge in [0.25, 0.3) is 5.91 Å². The van der Waals surface area contributed by atoms with E-state index in [-0.39, 0.29) is 29.8 Å². The van der Waals surface area contributed by atoms with Crippen molar-refractivity contribution in [3.63, 3.8) is 0 Å². The molecule has 1 unspecified atom stereocenters. The van der Waals surface area contributed by atoms with Gasteiger partial charge in [0.2, 0.25) is 0 Å². The Morgan fingerprint density at radius 1 is 1.50 bits per heavy atom. The van der Waals surface area contributed by atoms with Crippen LogP contribution in [0.15, 0.2) is 18.2 Å². The molecule has 0 aliphatic carbocycles. The Bertz CT molecular complexity index is 402. The summed E-state index contributed by atoms with van der Waals surface area (Å²) in [7, 11) is 3.20. The monoisotopic (exact) mass is 276 g/mol. The van der Waals surface area contributed by atoms with E-state index in [0.717, 1.165) is 0 Å². The van der Waals surface area contributed by atoms with Gasteiger partial charge in [-0.1, -0.05) is 6.07 Å².